The van der Waals surface area contributed by atoms with Crippen LogP contribution in [-0.4, -0.2) is 15.0 Å². The molecule has 0 amide bonds. The third-order valence-electron chi connectivity index (χ3n) is 1.81. The summed E-state index contributed by atoms with van der Waals surface area (Å²) in [6, 6.07) is 4.08. The monoisotopic (exact) mass is 207 g/mol. The lowest BCUT2D eigenvalue weighted by Gasteiger charge is -1.97. The second kappa shape index (κ2) is 3.49. The second-order valence-corrected chi connectivity index (χ2v) is 2.83. The van der Waals surface area contributed by atoms with E-state index in [1.807, 2.05) is 4.98 Å². The van der Waals surface area contributed by atoms with Crippen molar-refractivity contribution in [2.24, 2.45) is 0 Å². The van der Waals surface area contributed by atoms with Crippen LogP contribution in [0.4, 0.5) is 4.39 Å². The van der Waals surface area contributed by atoms with Crippen molar-refractivity contribution < 1.29 is 4.39 Å². The molecule has 2 heterocycles. The van der Waals surface area contributed by atoms with Gasteiger partial charge in [0.15, 0.2) is 0 Å². The van der Waals surface area contributed by atoms with Crippen LogP contribution in [0.3, 0.4) is 0 Å². The van der Waals surface area contributed by atoms with Gasteiger partial charge in [-0.25, -0.2) is 9.78 Å². The number of rotatable bonds is 1. The average Bonchev–Trinajstić information content (AvgIpc) is 2.17. The molecule has 0 fully saturated rings. The zero-order valence-electron chi connectivity index (χ0n) is 7.45. The van der Waals surface area contributed by atoms with Crippen molar-refractivity contribution in [3.8, 4) is 11.3 Å². The van der Waals surface area contributed by atoms with Crippen LogP contribution in [0.15, 0.2) is 34.0 Å². The maximum atomic E-state index is 12.8. The minimum atomic E-state index is -0.682. The Morgan fingerprint density at radius 3 is 2.73 bits per heavy atom. The fourth-order valence-corrected chi connectivity index (χ4v) is 1.16. The highest BCUT2D eigenvalue weighted by Crippen LogP contribution is 2.09. The molecule has 2 aromatic rings. The molecule has 0 atom stereocenters. The Hall–Kier alpha value is -2.24. The van der Waals surface area contributed by atoms with Crippen molar-refractivity contribution in [2.75, 3.05) is 0 Å². The summed E-state index contributed by atoms with van der Waals surface area (Å²) in [5.74, 6) is -0.682. The van der Waals surface area contributed by atoms with Crippen LogP contribution in [0, 0.1) is 5.95 Å². The zero-order chi connectivity index (χ0) is 10.8. The Bertz CT molecular complexity index is 603. The van der Waals surface area contributed by atoms with Crippen LogP contribution < -0.4 is 11.2 Å². The molecule has 2 rings (SSSR count). The minimum Gasteiger partial charge on any atom is -0.313 e. The highest BCUT2D eigenvalue weighted by molar-refractivity contribution is 5.55. The van der Waals surface area contributed by atoms with Crippen LogP contribution in [-0.2, 0) is 0 Å². The van der Waals surface area contributed by atoms with Crippen molar-refractivity contribution in [1.82, 2.24) is 15.0 Å². The molecular weight excluding hydrogens is 201 g/mol. The minimum absolute atomic E-state index is 0.120. The van der Waals surface area contributed by atoms with E-state index in [9.17, 15) is 14.0 Å². The highest BCUT2D eigenvalue weighted by atomic mass is 19.1. The lowest BCUT2D eigenvalue weighted by Crippen LogP contribution is -2.22. The van der Waals surface area contributed by atoms with Gasteiger partial charge in [0.25, 0.3) is 5.56 Å². The van der Waals surface area contributed by atoms with E-state index < -0.39 is 17.2 Å². The van der Waals surface area contributed by atoms with E-state index in [0.717, 1.165) is 0 Å². The van der Waals surface area contributed by atoms with E-state index in [1.165, 1.54) is 24.4 Å². The number of H-pyrrole nitrogens is 2. The van der Waals surface area contributed by atoms with Gasteiger partial charge in [0.2, 0.25) is 5.95 Å². The lowest BCUT2D eigenvalue weighted by atomic mass is 10.2. The standard InChI is InChI=1S/C9H6FN3O2/c10-7-3-1-2-6(12-7)5-4-11-9(15)13-8(5)14/h1-4H,(H2,11,13,14,15). The third kappa shape index (κ3) is 1.83. The molecule has 0 aliphatic rings. The van der Waals surface area contributed by atoms with Gasteiger partial charge in [-0.1, -0.05) is 6.07 Å². The molecule has 0 radical (unpaired) electrons. The normalized spacial score (nSPS) is 10.2. The van der Waals surface area contributed by atoms with Gasteiger partial charge in [0.1, 0.15) is 0 Å². The Kier molecular flexibility index (Phi) is 2.17. The van der Waals surface area contributed by atoms with E-state index in [0.29, 0.717) is 0 Å². The van der Waals surface area contributed by atoms with Crippen LogP contribution in [0.5, 0.6) is 0 Å². The number of halogens is 1. The van der Waals surface area contributed by atoms with Gasteiger partial charge in [0, 0.05) is 6.20 Å². The van der Waals surface area contributed by atoms with E-state index in [-0.39, 0.29) is 11.3 Å². The van der Waals surface area contributed by atoms with Gasteiger partial charge in [-0.15, -0.1) is 0 Å². The first-order valence-corrected chi connectivity index (χ1v) is 4.12. The van der Waals surface area contributed by atoms with Crippen molar-refractivity contribution in [3.05, 3.63) is 51.2 Å². The molecule has 0 aliphatic carbocycles. The predicted molar refractivity (Wildman–Crippen MR) is 50.9 cm³/mol. The molecule has 5 nitrogen and oxygen atoms in total. The van der Waals surface area contributed by atoms with Gasteiger partial charge in [-0.2, -0.15) is 4.39 Å². The number of nitrogens with zero attached hydrogens (tertiary/aromatic N) is 1. The molecule has 2 N–H and O–H groups in total. The largest absolute Gasteiger partial charge is 0.325 e. The molecule has 2 aromatic heterocycles. The van der Waals surface area contributed by atoms with E-state index in [4.69, 9.17) is 0 Å². The fourth-order valence-electron chi connectivity index (χ4n) is 1.16. The van der Waals surface area contributed by atoms with Crippen molar-refractivity contribution in [1.29, 1.82) is 0 Å². The summed E-state index contributed by atoms with van der Waals surface area (Å²) >= 11 is 0. The van der Waals surface area contributed by atoms with Crippen LogP contribution >= 0.6 is 0 Å². The van der Waals surface area contributed by atoms with Crippen LogP contribution in [0.25, 0.3) is 11.3 Å². The summed E-state index contributed by atoms with van der Waals surface area (Å²) in [6.07, 6.45) is 1.20. The SMILES string of the molecule is O=c1[nH]cc(-c2cccc(F)n2)c(=O)[nH]1. The first kappa shape index (κ1) is 9.32. The molecule has 0 unspecified atom stereocenters. The Labute approximate surface area is 82.6 Å². The second-order valence-electron chi connectivity index (χ2n) is 2.83. The maximum Gasteiger partial charge on any atom is 0.325 e. The zero-order valence-corrected chi connectivity index (χ0v) is 7.45. The molecule has 0 aliphatic heterocycles. The number of aromatic amines is 2. The molecule has 0 saturated carbocycles. The van der Waals surface area contributed by atoms with Crippen molar-refractivity contribution in [2.45, 2.75) is 0 Å². The number of nitrogens with one attached hydrogen (secondary N) is 2. The Morgan fingerprint density at radius 1 is 1.27 bits per heavy atom. The quantitative estimate of drug-likeness (QED) is 0.658. The smallest absolute Gasteiger partial charge is 0.313 e. The van der Waals surface area contributed by atoms with Gasteiger partial charge < -0.3 is 4.98 Å². The Morgan fingerprint density at radius 2 is 2.07 bits per heavy atom. The topological polar surface area (TPSA) is 78.6 Å². The maximum absolute atomic E-state index is 12.8. The number of hydrogen-bond donors (Lipinski definition) is 2. The van der Waals surface area contributed by atoms with Crippen molar-refractivity contribution in [3.63, 3.8) is 0 Å². The van der Waals surface area contributed by atoms with Crippen LogP contribution in [0.1, 0.15) is 0 Å². The molecule has 0 aromatic carbocycles. The summed E-state index contributed by atoms with van der Waals surface area (Å²) < 4.78 is 12.8. The van der Waals surface area contributed by atoms with Gasteiger partial charge in [-0.3, -0.25) is 9.78 Å². The molecule has 0 bridgehead atoms. The number of hydrogen-bond acceptors (Lipinski definition) is 3. The molecular formula is C9H6FN3O2. The molecule has 76 valence electrons. The van der Waals surface area contributed by atoms with E-state index >= 15 is 0 Å². The van der Waals surface area contributed by atoms with Gasteiger partial charge in [-0.05, 0) is 12.1 Å². The number of aromatic nitrogens is 3. The van der Waals surface area contributed by atoms with E-state index in [2.05, 4.69) is 9.97 Å². The van der Waals surface area contributed by atoms with Gasteiger partial charge in [0.05, 0.1) is 11.3 Å². The third-order valence-corrected chi connectivity index (χ3v) is 1.81. The lowest BCUT2D eigenvalue weighted by molar-refractivity contribution is 0.585. The summed E-state index contributed by atoms with van der Waals surface area (Å²) in [4.78, 5) is 29.9. The molecule has 0 saturated heterocycles. The first-order chi connectivity index (χ1) is 7.16. The van der Waals surface area contributed by atoms with Crippen LogP contribution in [0.2, 0.25) is 0 Å². The summed E-state index contributed by atoms with van der Waals surface area (Å²) in [7, 11) is 0. The summed E-state index contributed by atoms with van der Waals surface area (Å²) in [6.45, 7) is 0. The Balaban J connectivity index is 2.64. The molecule has 0 spiro atoms. The van der Waals surface area contributed by atoms with Crippen molar-refractivity contribution >= 4 is 0 Å². The fraction of sp³-hybridized carbons (Fsp3) is 0. The number of pyridine rings is 1. The van der Waals surface area contributed by atoms with E-state index in [1.54, 1.807) is 0 Å². The molecule has 15 heavy (non-hydrogen) atoms. The first-order valence-electron chi connectivity index (χ1n) is 4.12. The molecule has 6 heteroatoms. The van der Waals surface area contributed by atoms with Gasteiger partial charge >= 0.3 is 5.69 Å². The summed E-state index contributed by atoms with van der Waals surface area (Å²) in [5.41, 5.74) is -0.918. The highest BCUT2D eigenvalue weighted by Gasteiger charge is 2.05. The summed E-state index contributed by atoms with van der Waals surface area (Å²) in [5, 5.41) is 0. The predicted octanol–water partition coefficient (Wildman–Crippen LogP) is 0.264. The average molecular weight is 207 g/mol.